The van der Waals surface area contributed by atoms with Crippen molar-refractivity contribution < 1.29 is 22.5 Å². The van der Waals surface area contributed by atoms with Crippen LogP contribution in [0.1, 0.15) is 35.2 Å². The number of halogens is 2. The van der Waals surface area contributed by atoms with Gasteiger partial charge in [-0.15, -0.1) is 0 Å². The number of benzene rings is 2. The Hall–Kier alpha value is -1.80. The van der Waals surface area contributed by atoms with E-state index >= 15 is 0 Å². The van der Waals surface area contributed by atoms with E-state index in [0.717, 1.165) is 5.56 Å². The quantitative estimate of drug-likeness (QED) is 0.602. The van der Waals surface area contributed by atoms with Gasteiger partial charge in [0.2, 0.25) is 0 Å². The second kappa shape index (κ2) is 9.14. The molecule has 1 N–H and O–H groups in total. The van der Waals surface area contributed by atoms with Crippen LogP contribution in [0.4, 0.5) is 0 Å². The Morgan fingerprint density at radius 3 is 2.63 bits per heavy atom. The molecule has 1 heterocycles. The molecule has 3 rings (SSSR count). The highest BCUT2D eigenvalue weighted by Crippen LogP contribution is 2.41. The van der Waals surface area contributed by atoms with Crippen LogP contribution in [0.25, 0.3) is 0 Å². The lowest BCUT2D eigenvalue weighted by Crippen LogP contribution is -2.35. The number of carbonyl (C=O) groups excluding carboxylic acids is 1. The Morgan fingerprint density at radius 2 is 1.97 bits per heavy atom. The minimum Gasteiger partial charge on any atom is -0.497 e. The topological polar surface area (TPSA) is 83.9 Å². The molecule has 1 saturated heterocycles. The van der Waals surface area contributed by atoms with Gasteiger partial charge in [0.1, 0.15) is 5.75 Å². The van der Waals surface area contributed by atoms with E-state index < -0.39 is 15.5 Å². The summed E-state index contributed by atoms with van der Waals surface area (Å²) in [4.78, 5) is 14.8. The van der Waals surface area contributed by atoms with Crippen molar-refractivity contribution in [3.8, 4) is 5.75 Å². The van der Waals surface area contributed by atoms with Crippen LogP contribution in [0.2, 0.25) is 10.0 Å². The summed E-state index contributed by atoms with van der Waals surface area (Å²) in [6, 6.07) is 12.3. The number of rotatable bonds is 7. The van der Waals surface area contributed by atoms with E-state index in [0.29, 0.717) is 47.3 Å². The molecule has 162 valence electrons. The van der Waals surface area contributed by atoms with Gasteiger partial charge in [-0.1, -0.05) is 35.3 Å². The number of ether oxygens (including phenoxy) is 1. The second-order valence-corrected chi connectivity index (χ2v) is 9.89. The van der Waals surface area contributed by atoms with Gasteiger partial charge in [0, 0.05) is 24.1 Å². The Balaban J connectivity index is 1.87. The lowest BCUT2D eigenvalue weighted by atomic mass is 9.76. The summed E-state index contributed by atoms with van der Waals surface area (Å²) in [5.41, 5.74) is 0.943. The smallest absolute Gasteiger partial charge is 0.264 e. The zero-order chi connectivity index (χ0) is 21.9. The van der Waals surface area contributed by atoms with E-state index in [9.17, 15) is 13.2 Å². The molecule has 1 fully saturated rings. The highest BCUT2D eigenvalue weighted by molar-refractivity contribution is 7.85. The molecular weight excluding hydrogens is 449 g/mol. The Labute approximate surface area is 186 Å². The number of amides is 1. The highest BCUT2D eigenvalue weighted by Gasteiger charge is 2.41. The first-order valence-corrected chi connectivity index (χ1v) is 11.8. The van der Waals surface area contributed by atoms with Gasteiger partial charge in [0.05, 0.1) is 22.9 Å². The van der Waals surface area contributed by atoms with Crippen molar-refractivity contribution in [2.75, 3.05) is 26.0 Å². The summed E-state index contributed by atoms with van der Waals surface area (Å²) in [6.07, 6.45) is 1.39. The molecular formula is C21H23Cl2NO5S. The van der Waals surface area contributed by atoms with Crippen molar-refractivity contribution >= 4 is 39.2 Å². The normalized spacial score (nSPS) is 19.1. The second-order valence-electron chi connectivity index (χ2n) is 7.51. The van der Waals surface area contributed by atoms with Gasteiger partial charge in [-0.05, 0) is 55.2 Å². The standard InChI is InChI=1S/C21H23Cl2NO5S/c1-29-17-5-2-4-15(12-17)20(25)24-10-9-21(14-24,8-3-11-30(26,27)28)16-6-7-18(22)19(23)13-16/h2,4-7,12-13H,3,8-11,14H2,1H3,(H,26,27,28). The van der Waals surface area contributed by atoms with E-state index in [1.165, 1.54) is 0 Å². The fraction of sp³-hybridized carbons (Fsp3) is 0.381. The summed E-state index contributed by atoms with van der Waals surface area (Å²) >= 11 is 12.3. The molecule has 2 aromatic rings. The van der Waals surface area contributed by atoms with Crippen molar-refractivity contribution in [3.63, 3.8) is 0 Å². The van der Waals surface area contributed by atoms with Crippen molar-refractivity contribution in [2.24, 2.45) is 0 Å². The molecule has 1 atom stereocenters. The molecule has 1 aliphatic rings. The van der Waals surface area contributed by atoms with Gasteiger partial charge in [0.25, 0.3) is 16.0 Å². The molecule has 30 heavy (non-hydrogen) atoms. The third kappa shape index (κ3) is 5.27. The largest absolute Gasteiger partial charge is 0.497 e. The van der Waals surface area contributed by atoms with E-state index in [1.54, 1.807) is 48.4 Å². The van der Waals surface area contributed by atoms with Gasteiger partial charge < -0.3 is 9.64 Å². The molecule has 0 saturated carbocycles. The van der Waals surface area contributed by atoms with Gasteiger partial charge in [-0.25, -0.2) is 0 Å². The van der Waals surface area contributed by atoms with Crippen molar-refractivity contribution in [1.82, 2.24) is 4.90 Å². The van der Waals surface area contributed by atoms with Crippen LogP contribution in [0.5, 0.6) is 5.75 Å². The van der Waals surface area contributed by atoms with Gasteiger partial charge in [0.15, 0.2) is 0 Å². The van der Waals surface area contributed by atoms with Crippen molar-refractivity contribution in [1.29, 1.82) is 0 Å². The summed E-state index contributed by atoms with van der Waals surface area (Å²) < 4.78 is 36.7. The first kappa shape index (κ1) is 22.9. The zero-order valence-electron chi connectivity index (χ0n) is 16.5. The fourth-order valence-corrected chi connectivity index (χ4v) is 4.79. The van der Waals surface area contributed by atoms with Gasteiger partial charge >= 0.3 is 0 Å². The Kier molecular flexibility index (Phi) is 6.97. The summed E-state index contributed by atoms with van der Waals surface area (Å²) in [7, 11) is -2.52. The van der Waals surface area contributed by atoms with Crippen molar-refractivity contribution in [3.05, 3.63) is 63.6 Å². The molecule has 0 radical (unpaired) electrons. The molecule has 0 bridgehead atoms. The van der Waals surface area contributed by atoms with Crippen LogP contribution < -0.4 is 4.74 Å². The maximum atomic E-state index is 13.1. The molecule has 9 heteroatoms. The van der Waals surface area contributed by atoms with Crippen LogP contribution in [-0.2, 0) is 15.5 Å². The first-order chi connectivity index (χ1) is 14.1. The minimum atomic E-state index is -4.06. The average molecular weight is 472 g/mol. The van der Waals surface area contributed by atoms with E-state index in [4.69, 9.17) is 32.5 Å². The number of methoxy groups -OCH3 is 1. The summed E-state index contributed by atoms with van der Waals surface area (Å²) in [6.45, 7) is 0.925. The predicted octanol–water partition coefficient (Wildman–Crippen LogP) is 4.45. The lowest BCUT2D eigenvalue weighted by molar-refractivity contribution is 0.0782. The van der Waals surface area contributed by atoms with Crippen LogP contribution >= 0.6 is 23.2 Å². The van der Waals surface area contributed by atoms with E-state index in [-0.39, 0.29) is 18.1 Å². The Morgan fingerprint density at radius 1 is 1.20 bits per heavy atom. The van der Waals surface area contributed by atoms with E-state index in [2.05, 4.69) is 0 Å². The number of hydrogen-bond acceptors (Lipinski definition) is 4. The van der Waals surface area contributed by atoms with E-state index in [1.807, 2.05) is 6.07 Å². The maximum absolute atomic E-state index is 13.1. The lowest BCUT2D eigenvalue weighted by Gasteiger charge is -2.30. The molecule has 0 spiro atoms. The SMILES string of the molecule is COc1cccc(C(=O)N2CCC(CCCS(=O)(=O)O)(c3ccc(Cl)c(Cl)c3)C2)c1. The molecule has 2 aromatic carbocycles. The molecule has 0 aliphatic carbocycles. The van der Waals surface area contributed by atoms with Crippen LogP contribution in [0, 0.1) is 0 Å². The van der Waals surface area contributed by atoms with Crippen LogP contribution in [0.3, 0.4) is 0 Å². The summed E-state index contributed by atoms with van der Waals surface area (Å²) in [5, 5.41) is 0.830. The molecule has 1 amide bonds. The predicted molar refractivity (Wildman–Crippen MR) is 117 cm³/mol. The maximum Gasteiger partial charge on any atom is 0.264 e. The zero-order valence-corrected chi connectivity index (χ0v) is 18.8. The molecule has 0 aromatic heterocycles. The van der Waals surface area contributed by atoms with Crippen molar-refractivity contribution in [2.45, 2.75) is 24.7 Å². The highest BCUT2D eigenvalue weighted by atomic mass is 35.5. The van der Waals surface area contributed by atoms with Gasteiger partial charge in [-0.2, -0.15) is 8.42 Å². The monoisotopic (exact) mass is 471 g/mol. The van der Waals surface area contributed by atoms with Crippen LogP contribution in [-0.4, -0.2) is 49.7 Å². The molecule has 1 unspecified atom stereocenters. The fourth-order valence-electron chi connectivity index (χ4n) is 3.99. The number of carbonyl (C=O) groups is 1. The van der Waals surface area contributed by atoms with Gasteiger partial charge in [-0.3, -0.25) is 9.35 Å². The number of hydrogen-bond donors (Lipinski definition) is 1. The molecule has 1 aliphatic heterocycles. The van der Waals surface area contributed by atoms with Crippen LogP contribution in [0.15, 0.2) is 42.5 Å². The molecule has 6 nitrogen and oxygen atoms in total. The third-order valence-electron chi connectivity index (χ3n) is 5.55. The Bertz CT molecular complexity index is 1040. The number of nitrogens with zero attached hydrogens (tertiary/aromatic N) is 1. The first-order valence-electron chi connectivity index (χ1n) is 9.48. The summed E-state index contributed by atoms with van der Waals surface area (Å²) in [5.74, 6) is 0.148. The average Bonchev–Trinajstić information content (AvgIpc) is 3.14. The number of likely N-dealkylation sites (tertiary alicyclic amines) is 1. The minimum absolute atomic E-state index is 0.120. The third-order valence-corrected chi connectivity index (χ3v) is 7.09.